The van der Waals surface area contributed by atoms with E-state index in [0.29, 0.717) is 18.8 Å². The number of fused-ring (bicyclic) bond motifs is 1. The van der Waals surface area contributed by atoms with E-state index in [9.17, 15) is 8.42 Å². The zero-order valence-electron chi connectivity index (χ0n) is 16.8. The minimum Gasteiger partial charge on any atom is -0.493 e. The lowest BCUT2D eigenvalue weighted by atomic mass is 9.98. The van der Waals surface area contributed by atoms with Crippen molar-refractivity contribution in [1.82, 2.24) is 4.31 Å². The number of hydrogen-bond donors (Lipinski definition) is 0. The molecular formula is C22H29NO4S. The third kappa shape index (κ3) is 4.86. The maximum absolute atomic E-state index is 13.1. The molecule has 0 fully saturated rings. The van der Waals surface area contributed by atoms with E-state index in [1.54, 1.807) is 11.4 Å². The topological polar surface area (TPSA) is 55.8 Å². The quantitative estimate of drug-likeness (QED) is 0.727. The first-order valence-corrected chi connectivity index (χ1v) is 11.4. The van der Waals surface area contributed by atoms with E-state index < -0.39 is 10.0 Å². The molecule has 2 aromatic carbocycles. The minimum atomic E-state index is -3.41. The van der Waals surface area contributed by atoms with Crippen molar-refractivity contribution < 1.29 is 17.9 Å². The first-order valence-electron chi connectivity index (χ1n) is 9.78. The molecule has 0 aliphatic carbocycles. The van der Waals surface area contributed by atoms with Gasteiger partial charge in [0.25, 0.3) is 0 Å². The standard InChI is InChI=1S/C22H29NO4S/c1-17(2)27-22-20-11-7-8-14-23(15-19(20)12-13-21(22)26-3)28(24,25)16-18-9-5-4-6-10-18/h4-6,9-10,12-13,17H,7-8,11,14-16H2,1-3H3. The fourth-order valence-electron chi connectivity index (χ4n) is 3.57. The van der Waals surface area contributed by atoms with Crippen LogP contribution in [0, 0.1) is 0 Å². The van der Waals surface area contributed by atoms with Crippen molar-refractivity contribution in [3.8, 4) is 11.5 Å². The Kier molecular flexibility index (Phi) is 6.62. The summed E-state index contributed by atoms with van der Waals surface area (Å²) in [5, 5.41) is 0. The molecule has 0 bridgehead atoms. The average Bonchev–Trinajstić information content (AvgIpc) is 2.62. The van der Waals surface area contributed by atoms with Crippen LogP contribution in [0.2, 0.25) is 0 Å². The highest BCUT2D eigenvalue weighted by molar-refractivity contribution is 7.88. The highest BCUT2D eigenvalue weighted by Crippen LogP contribution is 2.37. The average molecular weight is 404 g/mol. The maximum atomic E-state index is 13.1. The summed E-state index contributed by atoms with van der Waals surface area (Å²) in [6.45, 7) is 4.88. The highest BCUT2D eigenvalue weighted by atomic mass is 32.2. The van der Waals surface area contributed by atoms with E-state index in [0.717, 1.165) is 41.7 Å². The molecule has 0 saturated carbocycles. The van der Waals surface area contributed by atoms with Crippen LogP contribution < -0.4 is 9.47 Å². The van der Waals surface area contributed by atoms with Crippen molar-refractivity contribution in [2.45, 2.75) is 51.5 Å². The zero-order chi connectivity index (χ0) is 20.1. The molecule has 0 saturated heterocycles. The van der Waals surface area contributed by atoms with E-state index in [4.69, 9.17) is 9.47 Å². The molecule has 152 valence electrons. The first kappa shape index (κ1) is 20.7. The molecule has 1 aliphatic heterocycles. The second kappa shape index (κ2) is 8.97. The number of ether oxygens (including phenoxy) is 2. The van der Waals surface area contributed by atoms with Gasteiger partial charge in [-0.05, 0) is 50.3 Å². The molecule has 0 amide bonds. The van der Waals surface area contributed by atoms with Gasteiger partial charge in [0.1, 0.15) is 0 Å². The van der Waals surface area contributed by atoms with Crippen LogP contribution in [-0.2, 0) is 28.7 Å². The third-order valence-electron chi connectivity index (χ3n) is 4.91. The summed E-state index contributed by atoms with van der Waals surface area (Å²) in [5.74, 6) is 1.47. The van der Waals surface area contributed by atoms with Gasteiger partial charge in [0.2, 0.25) is 10.0 Å². The van der Waals surface area contributed by atoms with Crippen molar-refractivity contribution in [1.29, 1.82) is 0 Å². The first-order chi connectivity index (χ1) is 13.4. The van der Waals surface area contributed by atoms with Crippen molar-refractivity contribution in [2.75, 3.05) is 13.7 Å². The van der Waals surface area contributed by atoms with E-state index in [-0.39, 0.29) is 11.9 Å². The third-order valence-corrected chi connectivity index (χ3v) is 6.71. The fraction of sp³-hybridized carbons (Fsp3) is 0.455. The monoisotopic (exact) mass is 403 g/mol. The summed E-state index contributed by atoms with van der Waals surface area (Å²) in [6.07, 6.45) is 2.61. The van der Waals surface area contributed by atoms with E-state index in [1.165, 1.54) is 0 Å². The fourth-order valence-corrected chi connectivity index (χ4v) is 5.11. The van der Waals surface area contributed by atoms with Crippen LogP contribution in [0.5, 0.6) is 11.5 Å². The summed E-state index contributed by atoms with van der Waals surface area (Å²) in [4.78, 5) is 0. The Labute approximate surface area is 168 Å². The minimum absolute atomic E-state index is 0.0174. The molecule has 6 heteroatoms. The molecule has 0 N–H and O–H groups in total. The number of hydrogen-bond acceptors (Lipinski definition) is 4. The summed E-state index contributed by atoms with van der Waals surface area (Å²) >= 11 is 0. The highest BCUT2D eigenvalue weighted by Gasteiger charge is 2.27. The van der Waals surface area contributed by atoms with Crippen LogP contribution in [-0.4, -0.2) is 32.5 Å². The second-order valence-corrected chi connectivity index (χ2v) is 9.40. The van der Waals surface area contributed by atoms with Gasteiger partial charge in [0.05, 0.1) is 19.0 Å². The van der Waals surface area contributed by atoms with Crippen molar-refractivity contribution >= 4 is 10.0 Å². The normalized spacial score (nSPS) is 15.6. The van der Waals surface area contributed by atoms with Gasteiger partial charge in [-0.25, -0.2) is 8.42 Å². The molecule has 2 aromatic rings. The SMILES string of the molecule is COc1ccc2c(c1OC(C)C)CCCCN(S(=O)(=O)Cc1ccccc1)C2. The zero-order valence-corrected chi connectivity index (χ0v) is 17.7. The lowest BCUT2D eigenvalue weighted by Crippen LogP contribution is -2.34. The van der Waals surface area contributed by atoms with Crippen LogP contribution in [0.1, 0.15) is 43.4 Å². The Morgan fingerprint density at radius 3 is 2.50 bits per heavy atom. The predicted molar refractivity (Wildman–Crippen MR) is 111 cm³/mol. The van der Waals surface area contributed by atoms with Crippen LogP contribution in [0.25, 0.3) is 0 Å². The molecule has 0 unspecified atom stereocenters. The molecule has 5 nitrogen and oxygen atoms in total. The van der Waals surface area contributed by atoms with Crippen LogP contribution >= 0.6 is 0 Å². The Morgan fingerprint density at radius 1 is 1.07 bits per heavy atom. The predicted octanol–water partition coefficient (Wildman–Crippen LogP) is 4.15. The van der Waals surface area contributed by atoms with Crippen LogP contribution in [0.15, 0.2) is 42.5 Å². The van der Waals surface area contributed by atoms with Gasteiger partial charge < -0.3 is 9.47 Å². The largest absolute Gasteiger partial charge is 0.493 e. The summed E-state index contributed by atoms with van der Waals surface area (Å²) in [7, 11) is -1.78. The van der Waals surface area contributed by atoms with Gasteiger partial charge in [-0.1, -0.05) is 36.4 Å². The van der Waals surface area contributed by atoms with Gasteiger partial charge in [0.15, 0.2) is 11.5 Å². The Hall–Kier alpha value is -2.05. The number of methoxy groups -OCH3 is 1. The van der Waals surface area contributed by atoms with Gasteiger partial charge in [-0.3, -0.25) is 0 Å². The van der Waals surface area contributed by atoms with E-state index in [2.05, 4.69) is 0 Å². The molecule has 1 aliphatic rings. The van der Waals surface area contributed by atoms with Gasteiger partial charge >= 0.3 is 0 Å². The molecule has 3 rings (SSSR count). The number of rotatable bonds is 6. The van der Waals surface area contributed by atoms with Gasteiger partial charge in [-0.15, -0.1) is 0 Å². The van der Waals surface area contributed by atoms with Crippen LogP contribution in [0.3, 0.4) is 0 Å². The summed E-state index contributed by atoms with van der Waals surface area (Å²) in [5.41, 5.74) is 2.86. The Bertz CT molecular complexity index is 894. The number of benzene rings is 2. The molecule has 0 radical (unpaired) electrons. The summed E-state index contributed by atoms with van der Waals surface area (Å²) in [6, 6.07) is 13.2. The summed E-state index contributed by atoms with van der Waals surface area (Å²) < 4.78 is 39.3. The van der Waals surface area contributed by atoms with Crippen molar-refractivity contribution in [3.05, 3.63) is 59.2 Å². The molecule has 1 heterocycles. The van der Waals surface area contributed by atoms with Crippen molar-refractivity contribution in [3.63, 3.8) is 0 Å². The van der Waals surface area contributed by atoms with Gasteiger partial charge in [-0.2, -0.15) is 4.31 Å². The number of sulfonamides is 1. The second-order valence-electron chi connectivity index (χ2n) is 7.43. The Morgan fingerprint density at radius 2 is 1.82 bits per heavy atom. The maximum Gasteiger partial charge on any atom is 0.218 e. The molecule has 0 spiro atoms. The van der Waals surface area contributed by atoms with Crippen LogP contribution in [0.4, 0.5) is 0 Å². The lowest BCUT2D eigenvalue weighted by molar-refractivity contribution is 0.226. The van der Waals surface area contributed by atoms with E-state index in [1.807, 2.05) is 56.3 Å². The van der Waals surface area contributed by atoms with E-state index >= 15 is 0 Å². The van der Waals surface area contributed by atoms with Crippen molar-refractivity contribution in [2.24, 2.45) is 0 Å². The Balaban J connectivity index is 1.93. The molecule has 28 heavy (non-hydrogen) atoms. The molecular weight excluding hydrogens is 374 g/mol. The smallest absolute Gasteiger partial charge is 0.218 e. The number of nitrogens with zero attached hydrogens (tertiary/aromatic N) is 1. The molecule has 0 aromatic heterocycles. The van der Waals surface area contributed by atoms with Gasteiger partial charge in [0, 0.05) is 18.7 Å². The molecule has 0 atom stereocenters. The lowest BCUT2D eigenvalue weighted by Gasteiger charge is -2.28.